The number of piperidine rings is 1. The molecule has 1 saturated heterocycles. The van der Waals surface area contributed by atoms with Gasteiger partial charge in [0, 0.05) is 24.4 Å². The molecule has 2 aromatic rings. The third kappa shape index (κ3) is 2.78. The summed E-state index contributed by atoms with van der Waals surface area (Å²) in [6, 6.07) is 0.647. The maximum atomic E-state index is 5.37. The second kappa shape index (κ2) is 5.40. The van der Waals surface area contributed by atoms with Crippen LogP contribution in [0.3, 0.4) is 0 Å². The summed E-state index contributed by atoms with van der Waals surface area (Å²) < 4.78 is 7.67. The Kier molecular flexibility index (Phi) is 3.21. The summed E-state index contributed by atoms with van der Waals surface area (Å²) in [6.45, 7) is 2.89. The number of likely N-dealkylation sites (tertiary alicyclic amines) is 1. The Morgan fingerprint density at radius 2 is 2.04 bits per heavy atom. The van der Waals surface area contributed by atoms with Gasteiger partial charge in [-0.2, -0.15) is 4.98 Å². The first kappa shape index (κ1) is 13.7. The SMILES string of the molecule is c1nnc(C2CCCN(Cc3noc(C4CC4)n3)C2)n1C1CC1. The van der Waals surface area contributed by atoms with Crippen LogP contribution in [0.25, 0.3) is 0 Å². The van der Waals surface area contributed by atoms with Crippen LogP contribution >= 0.6 is 0 Å². The molecule has 7 heteroatoms. The van der Waals surface area contributed by atoms with Gasteiger partial charge in [-0.15, -0.1) is 10.2 Å². The predicted octanol–water partition coefficient (Wildman–Crippen LogP) is 2.25. The van der Waals surface area contributed by atoms with Gasteiger partial charge in [-0.3, -0.25) is 4.90 Å². The molecule has 1 atom stereocenters. The van der Waals surface area contributed by atoms with Crippen molar-refractivity contribution >= 4 is 0 Å². The molecule has 5 rings (SSSR count). The second-order valence-electron chi connectivity index (χ2n) is 7.22. The van der Waals surface area contributed by atoms with E-state index in [1.54, 1.807) is 0 Å². The third-order valence-electron chi connectivity index (χ3n) is 5.19. The van der Waals surface area contributed by atoms with Gasteiger partial charge in [0.2, 0.25) is 5.89 Å². The largest absolute Gasteiger partial charge is 0.339 e. The Morgan fingerprint density at radius 1 is 1.13 bits per heavy atom. The topological polar surface area (TPSA) is 72.9 Å². The van der Waals surface area contributed by atoms with E-state index >= 15 is 0 Å². The van der Waals surface area contributed by atoms with Crippen molar-refractivity contribution in [2.24, 2.45) is 0 Å². The van der Waals surface area contributed by atoms with Gasteiger partial charge in [-0.05, 0) is 45.1 Å². The first-order valence-electron chi connectivity index (χ1n) is 8.81. The van der Waals surface area contributed by atoms with E-state index in [4.69, 9.17) is 4.52 Å². The van der Waals surface area contributed by atoms with Crippen molar-refractivity contribution in [3.63, 3.8) is 0 Å². The summed E-state index contributed by atoms with van der Waals surface area (Å²) in [7, 11) is 0. The second-order valence-corrected chi connectivity index (χ2v) is 7.22. The summed E-state index contributed by atoms with van der Waals surface area (Å²) >= 11 is 0. The van der Waals surface area contributed by atoms with Crippen LogP contribution in [0.5, 0.6) is 0 Å². The number of hydrogen-bond acceptors (Lipinski definition) is 6. The molecule has 1 unspecified atom stereocenters. The molecule has 7 nitrogen and oxygen atoms in total. The number of rotatable bonds is 5. The molecule has 3 heterocycles. The number of hydrogen-bond donors (Lipinski definition) is 0. The van der Waals surface area contributed by atoms with E-state index in [-0.39, 0.29) is 0 Å². The fourth-order valence-electron chi connectivity index (χ4n) is 3.62. The van der Waals surface area contributed by atoms with Crippen LogP contribution < -0.4 is 0 Å². The van der Waals surface area contributed by atoms with Crippen molar-refractivity contribution in [2.45, 2.75) is 62.9 Å². The molecule has 2 aromatic heterocycles. The lowest BCUT2D eigenvalue weighted by Gasteiger charge is -2.31. The van der Waals surface area contributed by atoms with Crippen molar-refractivity contribution < 1.29 is 4.52 Å². The Labute approximate surface area is 135 Å². The van der Waals surface area contributed by atoms with E-state index in [1.165, 1.54) is 44.3 Å². The minimum Gasteiger partial charge on any atom is -0.339 e. The van der Waals surface area contributed by atoms with Gasteiger partial charge >= 0.3 is 0 Å². The zero-order valence-electron chi connectivity index (χ0n) is 13.3. The monoisotopic (exact) mass is 314 g/mol. The van der Waals surface area contributed by atoms with Gasteiger partial charge in [-0.1, -0.05) is 5.16 Å². The fraction of sp³-hybridized carbons (Fsp3) is 0.750. The van der Waals surface area contributed by atoms with E-state index in [1.807, 2.05) is 6.33 Å². The van der Waals surface area contributed by atoms with Crippen molar-refractivity contribution in [3.8, 4) is 0 Å². The molecule has 0 radical (unpaired) electrons. The van der Waals surface area contributed by atoms with E-state index in [9.17, 15) is 0 Å². The lowest BCUT2D eigenvalue weighted by molar-refractivity contribution is 0.188. The molecule has 122 valence electrons. The van der Waals surface area contributed by atoms with Gasteiger partial charge in [0.1, 0.15) is 12.2 Å². The van der Waals surface area contributed by atoms with Crippen LogP contribution in [0.4, 0.5) is 0 Å². The zero-order valence-corrected chi connectivity index (χ0v) is 13.3. The molecule has 3 aliphatic rings. The summed E-state index contributed by atoms with van der Waals surface area (Å²) in [6.07, 6.45) is 9.24. The van der Waals surface area contributed by atoms with E-state index < -0.39 is 0 Å². The Morgan fingerprint density at radius 3 is 2.87 bits per heavy atom. The van der Waals surface area contributed by atoms with Crippen molar-refractivity contribution in [3.05, 3.63) is 23.9 Å². The lowest BCUT2D eigenvalue weighted by atomic mass is 9.97. The summed E-state index contributed by atoms with van der Waals surface area (Å²) in [5.41, 5.74) is 0. The van der Waals surface area contributed by atoms with E-state index in [0.29, 0.717) is 17.9 Å². The highest BCUT2D eigenvalue weighted by molar-refractivity contribution is 5.05. The van der Waals surface area contributed by atoms with Crippen molar-refractivity contribution in [1.82, 2.24) is 29.8 Å². The molecule has 0 aromatic carbocycles. The average Bonchev–Trinajstić information content (AvgIpc) is 3.50. The molecule has 0 spiro atoms. The Bertz CT molecular complexity index is 686. The normalized spacial score (nSPS) is 25.8. The molecule has 23 heavy (non-hydrogen) atoms. The zero-order chi connectivity index (χ0) is 15.2. The molecule has 0 bridgehead atoms. The van der Waals surface area contributed by atoms with Gasteiger partial charge in [-0.25, -0.2) is 0 Å². The van der Waals surface area contributed by atoms with Crippen LogP contribution in [-0.4, -0.2) is 42.9 Å². The smallest absolute Gasteiger partial charge is 0.229 e. The van der Waals surface area contributed by atoms with Crippen LogP contribution in [0, 0.1) is 0 Å². The molecule has 2 aliphatic carbocycles. The van der Waals surface area contributed by atoms with Crippen molar-refractivity contribution in [1.29, 1.82) is 0 Å². The Balaban J connectivity index is 1.27. The maximum Gasteiger partial charge on any atom is 0.229 e. The minimum absolute atomic E-state index is 0.474. The highest BCUT2D eigenvalue weighted by atomic mass is 16.5. The average molecular weight is 314 g/mol. The number of nitrogens with zero attached hydrogens (tertiary/aromatic N) is 6. The minimum atomic E-state index is 0.474. The van der Waals surface area contributed by atoms with Gasteiger partial charge in [0.25, 0.3) is 0 Å². The maximum absolute atomic E-state index is 5.37. The first-order valence-corrected chi connectivity index (χ1v) is 8.81. The van der Waals surface area contributed by atoms with Crippen LogP contribution in [0.1, 0.15) is 73.9 Å². The summed E-state index contributed by atoms with van der Waals surface area (Å²) in [4.78, 5) is 6.99. The highest BCUT2D eigenvalue weighted by Crippen LogP contribution is 2.39. The van der Waals surface area contributed by atoms with E-state index in [0.717, 1.165) is 31.3 Å². The molecule has 0 N–H and O–H groups in total. The van der Waals surface area contributed by atoms with Gasteiger partial charge in [0.05, 0.1) is 6.54 Å². The quantitative estimate of drug-likeness (QED) is 0.843. The van der Waals surface area contributed by atoms with Crippen LogP contribution in [-0.2, 0) is 6.54 Å². The van der Waals surface area contributed by atoms with Crippen molar-refractivity contribution in [2.75, 3.05) is 13.1 Å². The summed E-state index contributed by atoms with van der Waals surface area (Å²) in [5, 5.41) is 12.7. The Hall–Kier alpha value is -1.76. The molecule has 3 fully saturated rings. The standard InChI is InChI=1S/C16H22N6O/c1-2-12(15-19-17-10-22(15)13-5-6-13)8-21(7-1)9-14-18-16(23-20-14)11-3-4-11/h10-13H,1-9H2. The molecular formula is C16H22N6O. The predicted molar refractivity (Wildman–Crippen MR) is 81.8 cm³/mol. The van der Waals surface area contributed by atoms with Crippen LogP contribution in [0.2, 0.25) is 0 Å². The lowest BCUT2D eigenvalue weighted by Crippen LogP contribution is -2.35. The first-order chi connectivity index (χ1) is 11.4. The molecule has 1 aliphatic heterocycles. The molecule has 2 saturated carbocycles. The third-order valence-corrected chi connectivity index (χ3v) is 5.19. The molecular weight excluding hydrogens is 292 g/mol. The highest BCUT2D eigenvalue weighted by Gasteiger charge is 2.32. The summed E-state index contributed by atoms with van der Waals surface area (Å²) in [5.74, 6) is 3.84. The van der Waals surface area contributed by atoms with Crippen LogP contribution in [0.15, 0.2) is 10.9 Å². The fourth-order valence-corrected chi connectivity index (χ4v) is 3.62. The molecule has 0 amide bonds. The number of aromatic nitrogens is 5. The van der Waals surface area contributed by atoms with Gasteiger partial charge in [0.15, 0.2) is 5.82 Å². The van der Waals surface area contributed by atoms with E-state index in [2.05, 4.69) is 29.8 Å². The van der Waals surface area contributed by atoms with Gasteiger partial charge < -0.3 is 9.09 Å².